The number of hydrogen-bond donors (Lipinski definition) is 1. The minimum absolute atomic E-state index is 0.292. The van der Waals surface area contributed by atoms with E-state index in [2.05, 4.69) is 11.1 Å². The van der Waals surface area contributed by atoms with Crippen LogP contribution in [0, 0.1) is 13.8 Å². The van der Waals surface area contributed by atoms with Gasteiger partial charge in [0.25, 0.3) is 0 Å². The topological polar surface area (TPSA) is 47.3 Å². The lowest BCUT2D eigenvalue weighted by Crippen LogP contribution is -2.20. The van der Waals surface area contributed by atoms with Crippen LogP contribution in [0.5, 0.6) is 5.75 Å². The summed E-state index contributed by atoms with van der Waals surface area (Å²) in [6.45, 7) is 4.36. The molecular weight excluding hydrogens is 272 g/mol. The highest BCUT2D eigenvalue weighted by atomic mass is 32.2. The fourth-order valence-electron chi connectivity index (χ4n) is 1.92. The normalized spacial score (nSPS) is 12.4. The highest BCUT2D eigenvalue weighted by molar-refractivity contribution is 7.99. The largest absolute Gasteiger partial charge is 0.491 e. The van der Waals surface area contributed by atoms with Gasteiger partial charge < -0.3 is 14.4 Å². The number of aliphatic hydroxyl groups excluding tert-OH is 1. The van der Waals surface area contributed by atoms with Crippen LogP contribution in [0.1, 0.15) is 11.1 Å². The van der Waals surface area contributed by atoms with E-state index in [1.807, 2.05) is 43.8 Å². The zero-order valence-electron chi connectivity index (χ0n) is 12.0. The second-order valence-corrected chi connectivity index (χ2v) is 5.91. The Kier molecular flexibility index (Phi) is 5.09. The Morgan fingerprint density at radius 1 is 1.30 bits per heavy atom. The van der Waals surface area contributed by atoms with Gasteiger partial charge in [-0.2, -0.15) is 0 Å². The molecule has 0 bridgehead atoms. The van der Waals surface area contributed by atoms with Gasteiger partial charge in [0, 0.05) is 25.2 Å². The molecule has 5 heteroatoms. The van der Waals surface area contributed by atoms with E-state index in [-0.39, 0.29) is 0 Å². The summed E-state index contributed by atoms with van der Waals surface area (Å²) < 4.78 is 7.57. The van der Waals surface area contributed by atoms with Crippen molar-refractivity contribution in [3.63, 3.8) is 0 Å². The van der Waals surface area contributed by atoms with Gasteiger partial charge >= 0.3 is 0 Å². The maximum absolute atomic E-state index is 9.96. The fraction of sp³-hybridized carbons (Fsp3) is 0.400. The molecule has 0 aliphatic rings. The van der Waals surface area contributed by atoms with Crippen LogP contribution in [0.25, 0.3) is 0 Å². The number of aryl methyl sites for hydroxylation is 3. The molecule has 1 aromatic heterocycles. The molecule has 2 rings (SSSR count). The Morgan fingerprint density at radius 3 is 2.60 bits per heavy atom. The third kappa shape index (κ3) is 4.28. The lowest BCUT2D eigenvalue weighted by Gasteiger charge is -2.13. The number of aromatic nitrogens is 2. The number of benzene rings is 1. The van der Waals surface area contributed by atoms with Gasteiger partial charge in [0.15, 0.2) is 5.16 Å². The molecular formula is C15H20N2O2S. The zero-order valence-corrected chi connectivity index (χ0v) is 12.9. The molecule has 0 amide bonds. The predicted molar refractivity (Wildman–Crippen MR) is 81.3 cm³/mol. The number of thioether (sulfide) groups is 1. The lowest BCUT2D eigenvalue weighted by molar-refractivity contribution is 0.126. The molecule has 1 N–H and O–H groups in total. The summed E-state index contributed by atoms with van der Waals surface area (Å²) in [4.78, 5) is 4.20. The summed E-state index contributed by atoms with van der Waals surface area (Å²) >= 11 is 1.53. The van der Waals surface area contributed by atoms with Crippen molar-refractivity contribution in [2.24, 2.45) is 7.05 Å². The molecule has 1 atom stereocenters. The van der Waals surface area contributed by atoms with E-state index in [0.717, 1.165) is 22.0 Å². The minimum atomic E-state index is -0.516. The maximum atomic E-state index is 9.96. The van der Waals surface area contributed by atoms with Crippen molar-refractivity contribution >= 4 is 11.8 Å². The number of hydrogen-bond acceptors (Lipinski definition) is 4. The van der Waals surface area contributed by atoms with Gasteiger partial charge in [-0.05, 0) is 37.1 Å². The van der Waals surface area contributed by atoms with Gasteiger partial charge in [0.1, 0.15) is 12.4 Å². The number of nitrogens with zero attached hydrogens (tertiary/aromatic N) is 2. The number of aliphatic hydroxyl groups is 1. The molecule has 4 nitrogen and oxygen atoms in total. The molecule has 0 fully saturated rings. The van der Waals surface area contributed by atoms with Crippen molar-refractivity contribution in [3.05, 3.63) is 41.7 Å². The van der Waals surface area contributed by atoms with Crippen LogP contribution < -0.4 is 4.74 Å². The summed E-state index contributed by atoms with van der Waals surface area (Å²) in [7, 11) is 1.94. The number of imidazole rings is 1. The molecule has 20 heavy (non-hydrogen) atoms. The first kappa shape index (κ1) is 14.9. The van der Waals surface area contributed by atoms with Crippen molar-refractivity contribution in [3.8, 4) is 5.75 Å². The van der Waals surface area contributed by atoms with Gasteiger partial charge in [-0.1, -0.05) is 17.8 Å². The van der Waals surface area contributed by atoms with Crippen LogP contribution in [0.3, 0.4) is 0 Å². The average molecular weight is 292 g/mol. The van der Waals surface area contributed by atoms with E-state index < -0.39 is 6.10 Å². The number of rotatable bonds is 6. The molecule has 0 aliphatic heterocycles. The van der Waals surface area contributed by atoms with Gasteiger partial charge in [-0.25, -0.2) is 4.98 Å². The highest BCUT2D eigenvalue weighted by Crippen LogP contribution is 2.18. The smallest absolute Gasteiger partial charge is 0.167 e. The van der Waals surface area contributed by atoms with Crippen molar-refractivity contribution in [1.29, 1.82) is 0 Å². The van der Waals surface area contributed by atoms with E-state index >= 15 is 0 Å². The molecule has 1 aromatic carbocycles. The molecule has 0 saturated heterocycles. The van der Waals surface area contributed by atoms with Crippen molar-refractivity contribution in [1.82, 2.24) is 9.55 Å². The van der Waals surface area contributed by atoms with Gasteiger partial charge in [-0.3, -0.25) is 0 Å². The van der Waals surface area contributed by atoms with Gasteiger partial charge in [0.05, 0.1) is 6.10 Å². The van der Waals surface area contributed by atoms with Crippen LogP contribution in [0.2, 0.25) is 0 Å². The molecule has 0 radical (unpaired) electrons. The van der Waals surface area contributed by atoms with Crippen molar-refractivity contribution < 1.29 is 9.84 Å². The highest BCUT2D eigenvalue weighted by Gasteiger charge is 2.09. The summed E-state index contributed by atoms with van der Waals surface area (Å²) in [5, 5.41) is 10.9. The fourth-order valence-corrected chi connectivity index (χ4v) is 2.76. The van der Waals surface area contributed by atoms with E-state index in [1.54, 1.807) is 6.20 Å². The van der Waals surface area contributed by atoms with Gasteiger partial charge in [-0.15, -0.1) is 0 Å². The Hall–Kier alpha value is -1.46. The van der Waals surface area contributed by atoms with Crippen LogP contribution in [0.4, 0.5) is 0 Å². The summed E-state index contributed by atoms with van der Waals surface area (Å²) in [6, 6.07) is 6.05. The van der Waals surface area contributed by atoms with Crippen molar-refractivity contribution in [2.45, 2.75) is 25.1 Å². The standard InChI is InChI=1S/C15H20N2O2S/c1-11-6-12(2)8-14(7-11)19-9-13(18)10-20-15-16-4-5-17(15)3/h4-8,13,18H,9-10H2,1-3H3. The molecule has 0 aliphatic carbocycles. The van der Waals surface area contributed by atoms with E-state index in [4.69, 9.17) is 4.74 Å². The maximum Gasteiger partial charge on any atom is 0.167 e. The first-order valence-corrected chi connectivity index (χ1v) is 7.52. The van der Waals surface area contributed by atoms with Crippen LogP contribution in [0.15, 0.2) is 35.7 Å². The molecule has 0 saturated carbocycles. The first-order valence-electron chi connectivity index (χ1n) is 6.54. The average Bonchev–Trinajstić information content (AvgIpc) is 2.78. The monoisotopic (exact) mass is 292 g/mol. The molecule has 1 unspecified atom stereocenters. The third-order valence-corrected chi connectivity index (χ3v) is 4.02. The molecule has 1 heterocycles. The molecule has 0 spiro atoms. The molecule has 2 aromatic rings. The Balaban J connectivity index is 1.80. The van der Waals surface area contributed by atoms with E-state index in [1.165, 1.54) is 11.8 Å². The second-order valence-electron chi connectivity index (χ2n) is 4.92. The SMILES string of the molecule is Cc1cc(C)cc(OCC(O)CSc2nccn2C)c1. The Bertz CT molecular complexity index is 549. The van der Waals surface area contributed by atoms with Gasteiger partial charge in [0.2, 0.25) is 0 Å². The second kappa shape index (κ2) is 6.81. The number of ether oxygens (including phenoxy) is 1. The summed E-state index contributed by atoms with van der Waals surface area (Å²) in [6.07, 6.45) is 3.12. The molecule has 108 valence electrons. The summed E-state index contributed by atoms with van der Waals surface area (Å²) in [5.74, 6) is 1.37. The minimum Gasteiger partial charge on any atom is -0.491 e. The van der Waals surface area contributed by atoms with Crippen LogP contribution in [-0.4, -0.2) is 33.1 Å². The zero-order chi connectivity index (χ0) is 14.5. The summed E-state index contributed by atoms with van der Waals surface area (Å²) in [5.41, 5.74) is 2.33. The third-order valence-electron chi connectivity index (χ3n) is 2.82. The van der Waals surface area contributed by atoms with Crippen molar-refractivity contribution in [2.75, 3.05) is 12.4 Å². The Labute approximate surface area is 123 Å². The van der Waals surface area contributed by atoms with Crippen LogP contribution >= 0.6 is 11.8 Å². The van der Waals surface area contributed by atoms with Crippen LogP contribution in [-0.2, 0) is 7.05 Å². The van der Waals surface area contributed by atoms with E-state index in [9.17, 15) is 5.11 Å². The lowest BCUT2D eigenvalue weighted by atomic mass is 10.1. The van der Waals surface area contributed by atoms with E-state index in [0.29, 0.717) is 12.4 Å². The predicted octanol–water partition coefficient (Wildman–Crippen LogP) is 2.57. The quantitative estimate of drug-likeness (QED) is 0.831. The Morgan fingerprint density at radius 2 is 2.00 bits per heavy atom. The first-order chi connectivity index (χ1) is 9.54.